The van der Waals surface area contributed by atoms with Gasteiger partial charge in [0.15, 0.2) is 12.6 Å². The van der Waals surface area contributed by atoms with E-state index in [1.165, 1.54) is 0 Å². The Bertz CT molecular complexity index is 597. The number of ether oxygens (including phenoxy) is 4. The molecular formula is C17H24O9S2. The Kier molecular flexibility index (Phi) is 8.38. The summed E-state index contributed by atoms with van der Waals surface area (Å²) in [5.74, 6) is 0. The van der Waals surface area contributed by atoms with Gasteiger partial charge in [-0.2, -0.15) is 0 Å². The SMILES string of the molecule is OC[C@H]1O[C@@H](O[C@H]2C=C[C@@H](OCC3=CC=CSS3)O[C@@H]2CO)[C@H](O)[C@@H](O)[C@H]1O. The second kappa shape index (κ2) is 10.5. The standard InChI is InChI=1S/C17H24O9S2/c18-6-11-10(25-17-16(22)15(21)14(20)12(7-19)26-17)3-4-13(24-11)23-8-9-2-1-5-27-28-9/h1-5,10-22H,6-8H2/t10-,11+,12+,13-,14-,15-,16+,17+/m0/s1. The summed E-state index contributed by atoms with van der Waals surface area (Å²) in [4.78, 5) is 1.03. The lowest BCUT2D eigenvalue weighted by Gasteiger charge is -2.42. The van der Waals surface area contributed by atoms with Crippen LogP contribution < -0.4 is 0 Å². The molecule has 0 aliphatic carbocycles. The fourth-order valence-electron chi connectivity index (χ4n) is 2.86. The van der Waals surface area contributed by atoms with Gasteiger partial charge in [0.05, 0.1) is 19.8 Å². The molecule has 5 N–H and O–H groups in total. The van der Waals surface area contributed by atoms with Gasteiger partial charge in [-0.3, -0.25) is 0 Å². The molecule has 0 aromatic carbocycles. The van der Waals surface area contributed by atoms with Crippen molar-refractivity contribution in [3.05, 3.63) is 34.6 Å². The van der Waals surface area contributed by atoms with Crippen LogP contribution in [-0.2, 0) is 18.9 Å². The van der Waals surface area contributed by atoms with E-state index in [9.17, 15) is 25.5 Å². The van der Waals surface area contributed by atoms with E-state index in [1.807, 2.05) is 17.6 Å². The summed E-state index contributed by atoms with van der Waals surface area (Å²) in [6.07, 6.45) is -2.05. The van der Waals surface area contributed by atoms with E-state index in [-0.39, 0.29) is 6.61 Å². The fraction of sp³-hybridized carbons (Fsp3) is 0.647. The molecule has 0 unspecified atom stereocenters. The minimum atomic E-state index is -1.54. The van der Waals surface area contributed by atoms with Crippen LogP contribution in [0.2, 0.25) is 0 Å². The van der Waals surface area contributed by atoms with Gasteiger partial charge >= 0.3 is 0 Å². The highest BCUT2D eigenvalue weighted by Gasteiger charge is 2.45. The molecule has 158 valence electrons. The highest BCUT2D eigenvalue weighted by molar-refractivity contribution is 8.79. The molecule has 9 nitrogen and oxygen atoms in total. The van der Waals surface area contributed by atoms with Crippen LogP contribution in [-0.4, -0.2) is 94.6 Å². The molecule has 28 heavy (non-hydrogen) atoms. The first-order chi connectivity index (χ1) is 13.5. The van der Waals surface area contributed by atoms with Crippen molar-refractivity contribution in [1.29, 1.82) is 0 Å². The third-order valence-corrected chi connectivity index (χ3v) is 6.51. The van der Waals surface area contributed by atoms with E-state index in [4.69, 9.17) is 18.9 Å². The maximum absolute atomic E-state index is 10.1. The molecule has 0 bridgehead atoms. The zero-order chi connectivity index (χ0) is 20.1. The van der Waals surface area contributed by atoms with Crippen molar-refractivity contribution in [3.8, 4) is 0 Å². The summed E-state index contributed by atoms with van der Waals surface area (Å²) in [6.45, 7) is -0.571. The monoisotopic (exact) mass is 436 g/mol. The molecule has 0 amide bonds. The highest BCUT2D eigenvalue weighted by Crippen LogP contribution is 2.35. The molecule has 8 atom stereocenters. The van der Waals surface area contributed by atoms with Crippen LogP contribution in [0.3, 0.4) is 0 Å². The summed E-state index contributed by atoms with van der Waals surface area (Å²) < 4.78 is 22.3. The summed E-state index contributed by atoms with van der Waals surface area (Å²) >= 11 is 0. The number of aliphatic hydroxyl groups is 5. The van der Waals surface area contributed by atoms with Gasteiger partial charge in [0.1, 0.15) is 36.6 Å². The number of rotatable bonds is 7. The van der Waals surface area contributed by atoms with E-state index in [1.54, 1.807) is 33.7 Å². The molecule has 0 aromatic rings. The zero-order valence-electron chi connectivity index (χ0n) is 14.8. The second-order valence-electron chi connectivity index (χ2n) is 6.36. The first kappa shape index (κ1) is 22.2. The lowest BCUT2D eigenvalue weighted by atomic mass is 9.99. The fourth-order valence-corrected chi connectivity index (χ4v) is 4.47. The van der Waals surface area contributed by atoms with Crippen molar-refractivity contribution in [3.63, 3.8) is 0 Å². The van der Waals surface area contributed by atoms with Gasteiger partial charge in [0.25, 0.3) is 0 Å². The van der Waals surface area contributed by atoms with Crippen LogP contribution in [0.4, 0.5) is 0 Å². The van der Waals surface area contributed by atoms with Gasteiger partial charge in [0, 0.05) is 4.91 Å². The van der Waals surface area contributed by atoms with E-state index in [2.05, 4.69) is 0 Å². The molecule has 3 rings (SSSR count). The first-order valence-electron chi connectivity index (χ1n) is 8.74. The third-order valence-electron chi connectivity index (χ3n) is 4.41. The minimum Gasteiger partial charge on any atom is -0.394 e. The normalized spacial score (nSPS) is 41.1. The zero-order valence-corrected chi connectivity index (χ0v) is 16.4. The lowest BCUT2D eigenvalue weighted by molar-refractivity contribution is -0.319. The van der Waals surface area contributed by atoms with Crippen LogP contribution in [0.5, 0.6) is 0 Å². The Morgan fingerprint density at radius 2 is 1.75 bits per heavy atom. The molecule has 1 fully saturated rings. The topological polar surface area (TPSA) is 138 Å². The maximum atomic E-state index is 10.1. The predicted molar refractivity (Wildman–Crippen MR) is 102 cm³/mol. The van der Waals surface area contributed by atoms with Gasteiger partial charge in [-0.15, -0.1) is 0 Å². The highest BCUT2D eigenvalue weighted by atomic mass is 33.1. The van der Waals surface area contributed by atoms with Crippen molar-refractivity contribution >= 4 is 21.6 Å². The van der Waals surface area contributed by atoms with Gasteiger partial charge in [0.2, 0.25) is 0 Å². The Balaban J connectivity index is 1.57. The van der Waals surface area contributed by atoms with Crippen molar-refractivity contribution in [2.75, 3.05) is 19.8 Å². The van der Waals surface area contributed by atoms with Crippen LogP contribution in [0.25, 0.3) is 0 Å². The summed E-state index contributed by atoms with van der Waals surface area (Å²) in [5, 5.41) is 50.6. The Morgan fingerprint density at radius 3 is 2.43 bits per heavy atom. The summed E-state index contributed by atoms with van der Waals surface area (Å²) in [6, 6.07) is 0. The largest absolute Gasteiger partial charge is 0.394 e. The van der Waals surface area contributed by atoms with Crippen molar-refractivity contribution in [2.24, 2.45) is 0 Å². The van der Waals surface area contributed by atoms with Crippen LogP contribution >= 0.6 is 21.6 Å². The van der Waals surface area contributed by atoms with Crippen molar-refractivity contribution < 1.29 is 44.5 Å². The lowest BCUT2D eigenvalue weighted by Crippen LogP contribution is -2.60. The molecule has 3 heterocycles. The van der Waals surface area contributed by atoms with E-state index >= 15 is 0 Å². The number of hydrogen-bond donors (Lipinski definition) is 5. The molecule has 11 heteroatoms. The van der Waals surface area contributed by atoms with E-state index < -0.39 is 55.8 Å². The summed E-state index contributed by atoms with van der Waals surface area (Å²) in [7, 11) is 3.18. The quantitative estimate of drug-likeness (QED) is 0.255. The van der Waals surface area contributed by atoms with Crippen LogP contribution in [0, 0.1) is 0 Å². The molecular weight excluding hydrogens is 412 g/mol. The smallest absolute Gasteiger partial charge is 0.187 e. The summed E-state index contributed by atoms with van der Waals surface area (Å²) in [5.41, 5.74) is 0. The van der Waals surface area contributed by atoms with E-state index in [0.29, 0.717) is 6.61 Å². The maximum Gasteiger partial charge on any atom is 0.187 e. The van der Waals surface area contributed by atoms with Crippen LogP contribution in [0.15, 0.2) is 34.6 Å². The van der Waals surface area contributed by atoms with Gasteiger partial charge in [-0.25, -0.2) is 0 Å². The minimum absolute atomic E-state index is 0.355. The van der Waals surface area contributed by atoms with E-state index in [0.717, 1.165) is 4.91 Å². The predicted octanol–water partition coefficient (Wildman–Crippen LogP) is -0.746. The number of hydrogen-bond acceptors (Lipinski definition) is 11. The molecule has 0 saturated carbocycles. The van der Waals surface area contributed by atoms with Gasteiger partial charge in [-0.05, 0) is 17.6 Å². The van der Waals surface area contributed by atoms with Gasteiger partial charge in [-0.1, -0.05) is 33.7 Å². The molecule has 0 aromatic heterocycles. The van der Waals surface area contributed by atoms with Gasteiger partial charge < -0.3 is 44.5 Å². The average molecular weight is 437 g/mol. The first-order valence-corrected chi connectivity index (χ1v) is 11.0. The van der Waals surface area contributed by atoms with Crippen molar-refractivity contribution in [2.45, 2.75) is 49.2 Å². The second-order valence-corrected chi connectivity index (χ2v) is 8.59. The molecule has 3 aliphatic heterocycles. The molecule has 0 radical (unpaired) electrons. The number of aliphatic hydroxyl groups excluding tert-OH is 5. The Labute approximate surface area is 170 Å². The van der Waals surface area contributed by atoms with Crippen LogP contribution in [0.1, 0.15) is 0 Å². The van der Waals surface area contributed by atoms with Crippen molar-refractivity contribution in [1.82, 2.24) is 0 Å². The average Bonchev–Trinajstić information content (AvgIpc) is 2.74. The molecule has 3 aliphatic rings. The Hall–Kier alpha value is -0.440. The Morgan fingerprint density at radius 1 is 0.964 bits per heavy atom. The molecule has 0 spiro atoms. The molecule has 1 saturated heterocycles. The third kappa shape index (κ3) is 5.37. The number of allylic oxidation sites excluding steroid dienone is 2.